The third kappa shape index (κ3) is 3.68. The Labute approximate surface area is 184 Å². The van der Waals surface area contributed by atoms with Crippen LogP contribution in [0.15, 0.2) is 63.6 Å². The lowest BCUT2D eigenvalue weighted by molar-refractivity contribution is 0.0989. The largest absolute Gasteiger partial charge is 0.493 e. The molecular weight excluding hydrogens is 406 g/mol. The van der Waals surface area contributed by atoms with Gasteiger partial charge < -0.3 is 9.67 Å². The molecule has 1 N–H and O–H groups in total. The molecule has 0 bridgehead atoms. The minimum atomic E-state index is -0.674. The lowest BCUT2D eigenvalue weighted by Crippen LogP contribution is -2.25. The topological polar surface area (TPSA) is 102 Å². The number of carbonyl (C=O) groups is 1. The van der Waals surface area contributed by atoms with Crippen molar-refractivity contribution in [1.29, 1.82) is 0 Å². The molecular formula is C24H25N5O3. The van der Waals surface area contributed by atoms with Gasteiger partial charge in [0, 0.05) is 23.4 Å². The second kappa shape index (κ2) is 8.74. The van der Waals surface area contributed by atoms with Gasteiger partial charge in [-0.3, -0.25) is 9.59 Å². The SMILES string of the molecule is CCCCn1nc(C(=O)N=Nc2c(O)n(C(C)C)c3ccccc23)c2ccccc2c1=O. The molecule has 2 heterocycles. The molecule has 4 rings (SSSR count). The van der Waals surface area contributed by atoms with Crippen molar-refractivity contribution in [1.82, 2.24) is 14.3 Å². The molecule has 0 aliphatic heterocycles. The molecule has 2 aromatic heterocycles. The molecule has 0 atom stereocenters. The number of fused-ring (bicyclic) bond motifs is 2. The molecule has 0 aliphatic rings. The molecule has 0 saturated heterocycles. The van der Waals surface area contributed by atoms with E-state index in [4.69, 9.17) is 0 Å². The first-order chi connectivity index (χ1) is 15.4. The van der Waals surface area contributed by atoms with Crippen LogP contribution in [0.3, 0.4) is 0 Å². The molecule has 1 amide bonds. The first kappa shape index (κ1) is 21.4. The molecule has 32 heavy (non-hydrogen) atoms. The molecule has 0 saturated carbocycles. The summed E-state index contributed by atoms with van der Waals surface area (Å²) >= 11 is 0. The third-order valence-electron chi connectivity index (χ3n) is 5.41. The second-order valence-electron chi connectivity index (χ2n) is 7.93. The summed E-state index contributed by atoms with van der Waals surface area (Å²) in [6.07, 6.45) is 1.66. The highest BCUT2D eigenvalue weighted by atomic mass is 16.3. The molecule has 0 fully saturated rings. The van der Waals surface area contributed by atoms with E-state index in [1.807, 2.05) is 45.0 Å². The normalized spacial score (nSPS) is 11.9. The number of aromatic nitrogens is 3. The van der Waals surface area contributed by atoms with E-state index >= 15 is 0 Å². The van der Waals surface area contributed by atoms with E-state index < -0.39 is 5.91 Å². The number of aromatic hydroxyl groups is 1. The van der Waals surface area contributed by atoms with E-state index in [-0.39, 0.29) is 28.9 Å². The third-order valence-corrected chi connectivity index (χ3v) is 5.41. The van der Waals surface area contributed by atoms with E-state index in [9.17, 15) is 14.7 Å². The fraction of sp³-hybridized carbons (Fsp3) is 0.292. The summed E-state index contributed by atoms with van der Waals surface area (Å²) in [6.45, 7) is 6.34. The Morgan fingerprint density at radius 2 is 1.72 bits per heavy atom. The molecule has 164 valence electrons. The Hall–Kier alpha value is -3.81. The number of rotatable bonds is 6. The van der Waals surface area contributed by atoms with Crippen molar-refractivity contribution in [3.05, 3.63) is 64.6 Å². The maximum atomic E-state index is 13.0. The maximum Gasteiger partial charge on any atom is 0.316 e. The Bertz CT molecular complexity index is 1400. The molecule has 0 unspecified atom stereocenters. The van der Waals surface area contributed by atoms with Crippen LogP contribution < -0.4 is 5.56 Å². The highest BCUT2D eigenvalue weighted by molar-refractivity contribution is 6.05. The fourth-order valence-electron chi connectivity index (χ4n) is 3.85. The number of unbranched alkanes of at least 4 members (excludes halogenated alkanes) is 1. The lowest BCUT2D eigenvalue weighted by atomic mass is 10.1. The van der Waals surface area contributed by atoms with Crippen molar-refractivity contribution in [3.63, 3.8) is 0 Å². The number of nitrogens with zero attached hydrogens (tertiary/aromatic N) is 5. The number of hydrogen-bond acceptors (Lipinski definition) is 5. The summed E-state index contributed by atoms with van der Waals surface area (Å²) < 4.78 is 3.06. The van der Waals surface area contributed by atoms with Crippen molar-refractivity contribution >= 4 is 33.3 Å². The van der Waals surface area contributed by atoms with Crippen LogP contribution in [-0.4, -0.2) is 25.4 Å². The Morgan fingerprint density at radius 3 is 2.41 bits per heavy atom. The summed E-state index contributed by atoms with van der Waals surface area (Å²) in [5.74, 6) is -0.726. The summed E-state index contributed by atoms with van der Waals surface area (Å²) in [4.78, 5) is 25.8. The predicted octanol–water partition coefficient (Wildman–Crippen LogP) is 5.36. The average Bonchev–Trinajstić information content (AvgIpc) is 3.08. The van der Waals surface area contributed by atoms with Crippen LogP contribution in [0, 0.1) is 0 Å². The van der Waals surface area contributed by atoms with Crippen LogP contribution in [0.4, 0.5) is 5.69 Å². The number of azo groups is 1. The quantitative estimate of drug-likeness (QED) is 0.415. The standard InChI is InChI=1S/C24H25N5O3/c1-4-5-14-28-23(31)17-11-7-6-10-16(17)20(27-28)22(30)26-25-21-18-12-8-9-13-19(18)29(15(2)3)24(21)32/h6-13,15,32H,4-5,14H2,1-3H3. The van der Waals surface area contributed by atoms with Crippen LogP contribution in [0.5, 0.6) is 5.88 Å². The first-order valence-corrected chi connectivity index (χ1v) is 10.7. The molecule has 4 aromatic rings. The van der Waals surface area contributed by atoms with E-state index in [1.54, 1.807) is 28.8 Å². The number of amides is 1. The summed E-state index contributed by atoms with van der Waals surface area (Å²) in [5.41, 5.74) is 0.858. The van der Waals surface area contributed by atoms with Crippen molar-refractivity contribution in [2.75, 3.05) is 0 Å². The fourth-order valence-corrected chi connectivity index (χ4v) is 3.85. The molecule has 0 spiro atoms. The molecule has 0 aliphatic carbocycles. The van der Waals surface area contributed by atoms with Gasteiger partial charge in [-0.05, 0) is 32.4 Å². The highest BCUT2D eigenvalue weighted by Gasteiger charge is 2.20. The van der Waals surface area contributed by atoms with Gasteiger partial charge in [-0.2, -0.15) is 5.10 Å². The second-order valence-corrected chi connectivity index (χ2v) is 7.93. The van der Waals surface area contributed by atoms with Gasteiger partial charge in [0.25, 0.3) is 5.56 Å². The van der Waals surface area contributed by atoms with Crippen LogP contribution in [0.1, 0.15) is 50.1 Å². The van der Waals surface area contributed by atoms with Crippen LogP contribution in [0.25, 0.3) is 21.7 Å². The highest BCUT2D eigenvalue weighted by Crippen LogP contribution is 2.40. The zero-order chi connectivity index (χ0) is 22.8. The predicted molar refractivity (Wildman–Crippen MR) is 124 cm³/mol. The zero-order valence-corrected chi connectivity index (χ0v) is 18.3. The maximum absolute atomic E-state index is 13.0. The van der Waals surface area contributed by atoms with Crippen molar-refractivity contribution in [2.24, 2.45) is 10.2 Å². The van der Waals surface area contributed by atoms with Gasteiger partial charge >= 0.3 is 5.91 Å². The van der Waals surface area contributed by atoms with Crippen molar-refractivity contribution in [2.45, 2.75) is 46.2 Å². The van der Waals surface area contributed by atoms with Gasteiger partial charge in [0.15, 0.2) is 11.4 Å². The number of benzene rings is 2. The monoisotopic (exact) mass is 431 g/mol. The van der Waals surface area contributed by atoms with Crippen LogP contribution in [0.2, 0.25) is 0 Å². The van der Waals surface area contributed by atoms with Gasteiger partial charge in [0.05, 0.1) is 10.9 Å². The van der Waals surface area contributed by atoms with Gasteiger partial charge in [0.1, 0.15) is 0 Å². The Morgan fingerprint density at radius 1 is 1.06 bits per heavy atom. The number of hydrogen-bond donors (Lipinski definition) is 1. The Balaban J connectivity index is 1.81. The minimum absolute atomic E-state index is 0.00714. The van der Waals surface area contributed by atoms with Crippen LogP contribution in [-0.2, 0) is 6.54 Å². The van der Waals surface area contributed by atoms with Crippen LogP contribution >= 0.6 is 0 Å². The summed E-state index contributed by atoms with van der Waals surface area (Å²) in [6, 6.07) is 14.3. The number of para-hydroxylation sites is 1. The smallest absolute Gasteiger partial charge is 0.316 e. The summed E-state index contributed by atoms with van der Waals surface area (Å²) in [5, 5.41) is 24.6. The van der Waals surface area contributed by atoms with Crippen molar-refractivity contribution < 1.29 is 9.90 Å². The van der Waals surface area contributed by atoms with Gasteiger partial charge in [-0.25, -0.2) is 4.68 Å². The molecule has 2 aromatic carbocycles. The number of aryl methyl sites for hydroxylation is 1. The van der Waals surface area contributed by atoms with Crippen molar-refractivity contribution in [3.8, 4) is 5.88 Å². The molecule has 0 radical (unpaired) electrons. The average molecular weight is 431 g/mol. The number of carbonyl (C=O) groups excluding carboxylic acids is 1. The lowest BCUT2D eigenvalue weighted by Gasteiger charge is -2.10. The first-order valence-electron chi connectivity index (χ1n) is 10.7. The van der Waals surface area contributed by atoms with Gasteiger partial charge in [-0.1, -0.05) is 49.7 Å². The molecule has 8 nitrogen and oxygen atoms in total. The minimum Gasteiger partial charge on any atom is -0.493 e. The van der Waals surface area contributed by atoms with E-state index in [0.29, 0.717) is 22.7 Å². The van der Waals surface area contributed by atoms with Gasteiger partial charge in [0.2, 0.25) is 5.88 Å². The molecule has 8 heteroatoms. The van der Waals surface area contributed by atoms with E-state index in [1.165, 1.54) is 4.68 Å². The van der Waals surface area contributed by atoms with Gasteiger partial charge in [-0.15, -0.1) is 10.2 Å². The zero-order valence-electron chi connectivity index (χ0n) is 18.3. The van der Waals surface area contributed by atoms with E-state index in [0.717, 1.165) is 18.4 Å². The van der Waals surface area contributed by atoms with E-state index in [2.05, 4.69) is 15.3 Å². The summed E-state index contributed by atoms with van der Waals surface area (Å²) in [7, 11) is 0. The Kier molecular flexibility index (Phi) is 5.85.